The Hall–Kier alpha value is -3.05. The normalized spacial score (nSPS) is 14.0. The number of hydrogen-bond acceptors (Lipinski definition) is 2. The van der Waals surface area contributed by atoms with E-state index in [0.29, 0.717) is 0 Å². The fourth-order valence-corrected chi connectivity index (χ4v) is 2.70. The molecule has 0 saturated heterocycles. The Morgan fingerprint density at radius 1 is 0.727 bits per heavy atom. The second-order valence-electron chi connectivity index (χ2n) is 5.01. The molecule has 0 unspecified atom stereocenters. The molecule has 2 aromatic rings. The van der Waals surface area contributed by atoms with Crippen molar-refractivity contribution < 1.29 is 0 Å². The smallest absolute Gasteiger partial charge is 0.0974 e. The molecule has 0 amide bonds. The van der Waals surface area contributed by atoms with Crippen LogP contribution in [0.1, 0.15) is 17.0 Å². The molecule has 1 N–H and O–H groups in total. The topological polar surface area (TPSA) is 35.8 Å². The summed E-state index contributed by atoms with van der Waals surface area (Å²) < 4.78 is 0. The zero-order valence-corrected chi connectivity index (χ0v) is 12.1. The van der Waals surface area contributed by atoms with Gasteiger partial charge in [-0.3, -0.25) is 0 Å². The van der Waals surface area contributed by atoms with Crippen LogP contribution in [0.25, 0.3) is 11.1 Å². The van der Waals surface area contributed by atoms with Gasteiger partial charge in [-0.05, 0) is 34.4 Å². The predicted molar refractivity (Wildman–Crippen MR) is 89.9 cm³/mol. The first-order valence-electron chi connectivity index (χ1n) is 7.24. The van der Waals surface area contributed by atoms with Gasteiger partial charge in [0.15, 0.2) is 0 Å². The molecular formula is C20H16N2. The molecule has 0 aromatic heterocycles. The molecule has 0 spiro atoms. The van der Waals surface area contributed by atoms with E-state index in [1.807, 2.05) is 73.1 Å². The molecule has 4 rings (SSSR count). The molecule has 0 bridgehead atoms. The van der Waals surface area contributed by atoms with Crippen LogP contribution in [0.4, 0.5) is 0 Å². The van der Waals surface area contributed by atoms with Crippen molar-refractivity contribution in [2.45, 2.75) is 5.92 Å². The van der Waals surface area contributed by atoms with Crippen molar-refractivity contribution in [2.24, 2.45) is 0 Å². The van der Waals surface area contributed by atoms with Gasteiger partial charge in [0.1, 0.15) is 0 Å². The molecule has 1 heterocycles. The van der Waals surface area contributed by atoms with Crippen LogP contribution in [0.5, 0.6) is 0 Å². The number of rotatable bonds is 0. The molecule has 0 fully saturated rings. The zero-order valence-electron chi connectivity index (χ0n) is 12.1. The lowest BCUT2D eigenvalue weighted by molar-refractivity contribution is 1.08. The third kappa shape index (κ3) is 2.70. The van der Waals surface area contributed by atoms with Crippen LogP contribution in [0.3, 0.4) is 0 Å². The van der Waals surface area contributed by atoms with E-state index in [9.17, 15) is 5.26 Å². The Kier molecular flexibility index (Phi) is 4.17. The molecule has 0 atom stereocenters. The average Bonchev–Trinajstić information content (AvgIpc) is 2.75. The van der Waals surface area contributed by atoms with Gasteiger partial charge in [-0.25, -0.2) is 0 Å². The molecule has 0 radical (unpaired) electrons. The number of benzene rings is 2. The third-order valence-corrected chi connectivity index (χ3v) is 3.68. The fourth-order valence-electron chi connectivity index (χ4n) is 2.70. The van der Waals surface area contributed by atoms with E-state index in [-0.39, 0.29) is 5.92 Å². The van der Waals surface area contributed by atoms with Gasteiger partial charge in [0.05, 0.1) is 12.0 Å². The summed E-state index contributed by atoms with van der Waals surface area (Å²) in [4.78, 5) is 0. The lowest BCUT2D eigenvalue weighted by Gasteiger charge is -2.01. The quantitative estimate of drug-likeness (QED) is 0.773. The highest BCUT2D eigenvalue weighted by Gasteiger charge is 2.27. The summed E-state index contributed by atoms with van der Waals surface area (Å²) in [5.74, 6) is -0.0857. The van der Waals surface area contributed by atoms with Crippen LogP contribution in [-0.4, -0.2) is 0 Å². The number of hydrogen-bond donors (Lipinski definition) is 1. The first kappa shape index (κ1) is 13.9. The Balaban J connectivity index is 0.000000174. The minimum Gasteiger partial charge on any atom is -0.368 e. The Morgan fingerprint density at radius 2 is 1.23 bits per heavy atom. The van der Waals surface area contributed by atoms with Gasteiger partial charge in [-0.15, -0.1) is 0 Å². The first-order valence-corrected chi connectivity index (χ1v) is 7.24. The van der Waals surface area contributed by atoms with E-state index in [2.05, 4.69) is 23.5 Å². The molecular weight excluding hydrogens is 268 g/mol. The van der Waals surface area contributed by atoms with Crippen LogP contribution >= 0.6 is 0 Å². The van der Waals surface area contributed by atoms with Gasteiger partial charge in [-0.1, -0.05) is 60.7 Å². The van der Waals surface area contributed by atoms with Gasteiger partial charge in [-0.2, -0.15) is 5.26 Å². The van der Waals surface area contributed by atoms with Crippen molar-refractivity contribution in [3.63, 3.8) is 0 Å². The van der Waals surface area contributed by atoms with Crippen LogP contribution in [-0.2, 0) is 0 Å². The van der Waals surface area contributed by atoms with Crippen molar-refractivity contribution in [2.75, 3.05) is 0 Å². The summed E-state index contributed by atoms with van der Waals surface area (Å²) in [6.07, 6.45) is 11.6. The Bertz CT molecular complexity index is 732. The maximum absolute atomic E-state index is 9.21. The monoisotopic (exact) mass is 284 g/mol. The predicted octanol–water partition coefficient (Wildman–Crippen LogP) is 4.50. The highest BCUT2D eigenvalue weighted by Crippen LogP contribution is 2.43. The lowest BCUT2D eigenvalue weighted by atomic mass is 9.99. The van der Waals surface area contributed by atoms with Crippen molar-refractivity contribution in [1.29, 1.82) is 5.26 Å². The molecule has 1 aliphatic heterocycles. The third-order valence-electron chi connectivity index (χ3n) is 3.68. The molecule has 1 aliphatic carbocycles. The van der Waals surface area contributed by atoms with Gasteiger partial charge < -0.3 is 5.32 Å². The summed E-state index contributed by atoms with van der Waals surface area (Å²) in [5, 5.41) is 12.1. The maximum atomic E-state index is 9.21. The lowest BCUT2D eigenvalue weighted by Crippen LogP contribution is -1.90. The summed E-state index contributed by atoms with van der Waals surface area (Å²) in [7, 11) is 0. The van der Waals surface area contributed by atoms with Crippen LogP contribution < -0.4 is 5.32 Å². The summed E-state index contributed by atoms with van der Waals surface area (Å²) in [6.45, 7) is 0. The number of nitrogens with zero attached hydrogens (tertiary/aromatic N) is 1. The largest absolute Gasteiger partial charge is 0.368 e. The van der Waals surface area contributed by atoms with Crippen LogP contribution in [0.2, 0.25) is 0 Å². The first-order chi connectivity index (χ1) is 10.9. The van der Waals surface area contributed by atoms with E-state index < -0.39 is 0 Å². The summed E-state index contributed by atoms with van der Waals surface area (Å²) in [5.41, 5.74) is 4.70. The molecule has 0 saturated carbocycles. The number of fused-ring (bicyclic) bond motifs is 3. The second-order valence-corrected chi connectivity index (χ2v) is 5.01. The zero-order chi connectivity index (χ0) is 15.2. The number of nitriles is 1. The fraction of sp³-hybridized carbons (Fsp3) is 0.0500. The van der Waals surface area contributed by atoms with Gasteiger partial charge in [0.2, 0.25) is 0 Å². The van der Waals surface area contributed by atoms with Crippen molar-refractivity contribution in [3.05, 3.63) is 96.4 Å². The van der Waals surface area contributed by atoms with E-state index in [0.717, 1.165) is 11.1 Å². The molecule has 2 aliphatic rings. The highest BCUT2D eigenvalue weighted by atomic mass is 14.8. The average molecular weight is 284 g/mol. The molecule has 106 valence electrons. The summed E-state index contributed by atoms with van der Waals surface area (Å²) in [6, 6.07) is 18.7. The number of nitrogens with one attached hydrogen (secondary N) is 1. The maximum Gasteiger partial charge on any atom is 0.0974 e. The Labute approximate surface area is 130 Å². The van der Waals surface area contributed by atoms with Gasteiger partial charge in [0, 0.05) is 12.4 Å². The number of allylic oxidation sites excluding steroid dienone is 4. The van der Waals surface area contributed by atoms with E-state index in [1.54, 1.807) is 0 Å². The van der Waals surface area contributed by atoms with Crippen molar-refractivity contribution >= 4 is 0 Å². The van der Waals surface area contributed by atoms with Crippen molar-refractivity contribution in [3.8, 4) is 17.2 Å². The van der Waals surface area contributed by atoms with Crippen LogP contribution in [0.15, 0.2) is 85.2 Å². The minimum atomic E-state index is -0.0857. The van der Waals surface area contributed by atoms with Crippen LogP contribution in [0, 0.1) is 11.3 Å². The van der Waals surface area contributed by atoms with E-state index in [1.165, 1.54) is 11.1 Å². The molecule has 2 aromatic carbocycles. The van der Waals surface area contributed by atoms with E-state index >= 15 is 0 Å². The minimum absolute atomic E-state index is 0.0857. The van der Waals surface area contributed by atoms with Gasteiger partial charge >= 0.3 is 0 Å². The molecule has 2 nitrogen and oxygen atoms in total. The van der Waals surface area contributed by atoms with Gasteiger partial charge in [0.25, 0.3) is 0 Å². The molecule has 2 heteroatoms. The standard InChI is InChI=1S/C14H9N.C6H7N/c15-9-14-12-7-3-1-5-10(12)11-6-2-4-8-13(11)14;1-2-4-6-7-5-3-1/h1-8,14H;1-7H. The Morgan fingerprint density at radius 3 is 1.73 bits per heavy atom. The SMILES string of the molecule is C1=CC=CNC=C1.N#CC1c2ccccc2-c2ccccc21. The van der Waals surface area contributed by atoms with Crippen molar-refractivity contribution in [1.82, 2.24) is 5.32 Å². The summed E-state index contributed by atoms with van der Waals surface area (Å²) >= 11 is 0. The van der Waals surface area contributed by atoms with E-state index in [4.69, 9.17) is 0 Å². The second kappa shape index (κ2) is 6.60. The molecule has 22 heavy (non-hydrogen) atoms. The highest BCUT2D eigenvalue weighted by molar-refractivity contribution is 5.79.